The van der Waals surface area contributed by atoms with E-state index in [9.17, 15) is 0 Å². The first-order chi connectivity index (χ1) is 9.88. The molecule has 1 aromatic rings. The van der Waals surface area contributed by atoms with Crippen LogP contribution in [0, 0.1) is 11.8 Å². The van der Waals surface area contributed by atoms with E-state index in [0.717, 1.165) is 18.6 Å². The number of aliphatic hydroxyl groups is 1. The Kier molecular flexibility index (Phi) is 10.3. The molecule has 0 radical (unpaired) electrons. The van der Waals surface area contributed by atoms with Crippen molar-refractivity contribution in [3.05, 3.63) is 21.9 Å². The van der Waals surface area contributed by atoms with Gasteiger partial charge in [-0.15, -0.1) is 11.3 Å². The van der Waals surface area contributed by atoms with Gasteiger partial charge >= 0.3 is 0 Å². The first kappa shape index (κ1) is 17.2. The molecular weight excluding hydrogens is 268 g/mol. The first-order valence-electron chi connectivity index (χ1n) is 7.62. The van der Waals surface area contributed by atoms with Crippen molar-refractivity contribution in [3.8, 4) is 11.8 Å². The lowest BCUT2D eigenvalue weighted by atomic mass is 10.1. The third-order valence-corrected chi connectivity index (χ3v) is 3.98. The minimum Gasteiger partial charge on any atom is -0.395 e. The summed E-state index contributed by atoms with van der Waals surface area (Å²) >= 11 is 1.69. The maximum atomic E-state index is 8.72. The second kappa shape index (κ2) is 12.0. The molecule has 0 unspecified atom stereocenters. The van der Waals surface area contributed by atoms with Gasteiger partial charge in [-0.25, -0.2) is 0 Å². The smallest absolute Gasteiger partial charge is 0.0821 e. The molecule has 112 valence electrons. The molecule has 2 nitrogen and oxygen atoms in total. The summed E-state index contributed by atoms with van der Waals surface area (Å²) in [5.41, 5.74) is 1.05. The van der Waals surface area contributed by atoms with Crippen LogP contribution in [0.2, 0.25) is 0 Å². The van der Waals surface area contributed by atoms with Crippen molar-refractivity contribution in [2.45, 2.75) is 58.5 Å². The second-order valence-corrected chi connectivity index (χ2v) is 5.85. The SMILES string of the molecule is CCCCCCCCOCc1sccc1C#CCCO. The Bertz CT molecular complexity index is 401. The second-order valence-electron chi connectivity index (χ2n) is 4.85. The largest absolute Gasteiger partial charge is 0.395 e. The molecule has 0 amide bonds. The number of unbranched alkanes of at least 4 members (excludes halogenated alkanes) is 5. The van der Waals surface area contributed by atoms with E-state index in [4.69, 9.17) is 9.84 Å². The lowest BCUT2D eigenvalue weighted by molar-refractivity contribution is 0.118. The van der Waals surface area contributed by atoms with Crippen LogP contribution >= 0.6 is 11.3 Å². The van der Waals surface area contributed by atoms with Gasteiger partial charge in [0, 0.05) is 23.5 Å². The Labute approximate surface area is 127 Å². The third kappa shape index (κ3) is 7.69. The van der Waals surface area contributed by atoms with E-state index in [1.54, 1.807) is 11.3 Å². The summed E-state index contributed by atoms with van der Waals surface area (Å²) in [6, 6.07) is 2.03. The summed E-state index contributed by atoms with van der Waals surface area (Å²) in [6.45, 7) is 3.87. The molecule has 0 spiro atoms. The van der Waals surface area contributed by atoms with Crippen molar-refractivity contribution in [3.63, 3.8) is 0 Å². The quantitative estimate of drug-likeness (QED) is 0.513. The monoisotopic (exact) mass is 294 g/mol. The van der Waals surface area contributed by atoms with Crippen molar-refractivity contribution in [1.82, 2.24) is 0 Å². The molecule has 0 aromatic carbocycles. The van der Waals surface area contributed by atoms with Gasteiger partial charge < -0.3 is 9.84 Å². The van der Waals surface area contributed by atoms with Crippen LogP contribution < -0.4 is 0 Å². The van der Waals surface area contributed by atoms with Gasteiger partial charge in [0.05, 0.1) is 13.2 Å². The van der Waals surface area contributed by atoms with Crippen LogP contribution in [0.4, 0.5) is 0 Å². The average Bonchev–Trinajstić information content (AvgIpc) is 2.90. The van der Waals surface area contributed by atoms with Gasteiger partial charge in [0.15, 0.2) is 0 Å². The van der Waals surface area contributed by atoms with Gasteiger partial charge in [-0.2, -0.15) is 0 Å². The molecule has 1 rings (SSSR count). The lowest BCUT2D eigenvalue weighted by Crippen LogP contribution is -1.95. The molecule has 0 atom stereocenters. The lowest BCUT2D eigenvalue weighted by Gasteiger charge is -2.03. The molecule has 0 saturated heterocycles. The Balaban J connectivity index is 2.13. The number of hydrogen-bond acceptors (Lipinski definition) is 3. The summed E-state index contributed by atoms with van der Waals surface area (Å²) in [4.78, 5) is 1.20. The highest BCUT2D eigenvalue weighted by molar-refractivity contribution is 7.10. The van der Waals surface area contributed by atoms with Gasteiger partial charge in [-0.1, -0.05) is 50.9 Å². The standard InChI is InChI=1S/C17H26O2S/c1-2-3-4-5-6-9-13-19-15-17-16(11-14-20-17)10-7-8-12-18/h11,14,18H,2-6,8-9,12-13,15H2,1H3. The highest BCUT2D eigenvalue weighted by atomic mass is 32.1. The van der Waals surface area contributed by atoms with Crippen LogP contribution in [0.5, 0.6) is 0 Å². The van der Waals surface area contributed by atoms with Crippen molar-refractivity contribution >= 4 is 11.3 Å². The molecule has 0 aliphatic rings. The maximum absolute atomic E-state index is 8.72. The van der Waals surface area contributed by atoms with Crippen LogP contribution in [0.25, 0.3) is 0 Å². The Hall–Kier alpha value is -0.820. The maximum Gasteiger partial charge on any atom is 0.0821 e. The van der Waals surface area contributed by atoms with Gasteiger partial charge in [0.1, 0.15) is 0 Å². The van der Waals surface area contributed by atoms with Crippen molar-refractivity contribution < 1.29 is 9.84 Å². The fraction of sp³-hybridized carbons (Fsp3) is 0.647. The van der Waals surface area contributed by atoms with E-state index >= 15 is 0 Å². The highest BCUT2D eigenvalue weighted by Gasteiger charge is 2.01. The summed E-state index contributed by atoms with van der Waals surface area (Å²) in [6.07, 6.45) is 8.29. The van der Waals surface area contributed by atoms with E-state index in [2.05, 4.69) is 18.8 Å². The predicted molar refractivity (Wildman–Crippen MR) is 85.9 cm³/mol. The zero-order valence-corrected chi connectivity index (χ0v) is 13.3. The van der Waals surface area contributed by atoms with E-state index in [0.29, 0.717) is 13.0 Å². The number of aliphatic hydroxyl groups excluding tert-OH is 1. The molecule has 0 fully saturated rings. The summed E-state index contributed by atoms with van der Waals surface area (Å²) in [5.74, 6) is 6.05. The van der Waals surface area contributed by atoms with E-state index in [1.165, 1.54) is 37.0 Å². The molecule has 1 heterocycles. The van der Waals surface area contributed by atoms with Crippen LogP contribution in [-0.4, -0.2) is 18.3 Å². The molecule has 0 aliphatic carbocycles. The first-order valence-corrected chi connectivity index (χ1v) is 8.50. The minimum atomic E-state index is 0.126. The molecule has 0 bridgehead atoms. The number of thiophene rings is 1. The number of rotatable bonds is 10. The van der Waals surface area contributed by atoms with Gasteiger partial charge in [-0.3, -0.25) is 0 Å². The topological polar surface area (TPSA) is 29.5 Å². The van der Waals surface area contributed by atoms with Gasteiger partial charge in [0.2, 0.25) is 0 Å². The van der Waals surface area contributed by atoms with Crippen LogP contribution in [0.1, 0.15) is 62.3 Å². The fourth-order valence-corrected chi connectivity index (χ4v) is 2.69. The van der Waals surface area contributed by atoms with Gasteiger partial charge in [0.25, 0.3) is 0 Å². The van der Waals surface area contributed by atoms with Crippen LogP contribution in [0.3, 0.4) is 0 Å². The predicted octanol–water partition coefficient (Wildman–Crippen LogP) is 4.36. The zero-order chi connectivity index (χ0) is 14.5. The Morgan fingerprint density at radius 1 is 1.20 bits per heavy atom. The third-order valence-electron chi connectivity index (χ3n) is 3.08. The van der Waals surface area contributed by atoms with Crippen molar-refractivity contribution in [2.24, 2.45) is 0 Å². The molecule has 1 aromatic heterocycles. The number of hydrogen-bond donors (Lipinski definition) is 1. The summed E-state index contributed by atoms with van der Waals surface area (Å²) in [7, 11) is 0. The molecule has 20 heavy (non-hydrogen) atoms. The minimum absolute atomic E-state index is 0.126. The van der Waals surface area contributed by atoms with E-state index in [-0.39, 0.29) is 6.61 Å². The molecular formula is C17H26O2S. The fourth-order valence-electron chi connectivity index (χ4n) is 1.93. The van der Waals surface area contributed by atoms with Crippen molar-refractivity contribution in [2.75, 3.05) is 13.2 Å². The molecule has 0 aliphatic heterocycles. The normalized spacial score (nSPS) is 10.3. The molecule has 3 heteroatoms. The average molecular weight is 294 g/mol. The van der Waals surface area contributed by atoms with Crippen LogP contribution in [0.15, 0.2) is 11.4 Å². The molecule has 1 N–H and O–H groups in total. The number of ether oxygens (including phenoxy) is 1. The van der Waals surface area contributed by atoms with Crippen LogP contribution in [-0.2, 0) is 11.3 Å². The molecule has 0 saturated carbocycles. The van der Waals surface area contributed by atoms with E-state index in [1.807, 2.05) is 11.4 Å². The Morgan fingerprint density at radius 3 is 2.80 bits per heavy atom. The summed E-state index contributed by atoms with van der Waals surface area (Å²) < 4.78 is 5.72. The van der Waals surface area contributed by atoms with Crippen molar-refractivity contribution in [1.29, 1.82) is 0 Å². The van der Waals surface area contributed by atoms with Gasteiger partial charge in [-0.05, 0) is 17.9 Å². The highest BCUT2D eigenvalue weighted by Crippen LogP contribution is 2.17. The Morgan fingerprint density at radius 2 is 2.00 bits per heavy atom. The zero-order valence-electron chi connectivity index (χ0n) is 12.5. The van der Waals surface area contributed by atoms with E-state index < -0.39 is 0 Å². The summed E-state index contributed by atoms with van der Waals surface area (Å²) in [5, 5.41) is 10.8.